The van der Waals surface area contributed by atoms with Crippen LogP contribution in [0.4, 0.5) is 0 Å². The van der Waals surface area contributed by atoms with E-state index in [-0.39, 0.29) is 24.7 Å². The fraction of sp³-hybridized carbons (Fsp3) is 0.375. The monoisotopic (exact) mass is 442 g/mol. The second-order valence-corrected chi connectivity index (χ2v) is 7.37. The topological polar surface area (TPSA) is 103 Å². The summed E-state index contributed by atoms with van der Waals surface area (Å²) < 4.78 is 16.6. The van der Waals surface area contributed by atoms with Gasteiger partial charge in [0.15, 0.2) is 23.4 Å². The van der Waals surface area contributed by atoms with Crippen LogP contribution in [0.3, 0.4) is 0 Å². The highest BCUT2D eigenvalue weighted by Crippen LogP contribution is 2.28. The van der Waals surface area contributed by atoms with E-state index >= 15 is 0 Å². The molecule has 32 heavy (non-hydrogen) atoms. The summed E-state index contributed by atoms with van der Waals surface area (Å²) in [5.41, 5.74) is 7.31. The van der Waals surface area contributed by atoms with Gasteiger partial charge in [-0.25, -0.2) is 0 Å². The second-order valence-electron chi connectivity index (χ2n) is 7.37. The van der Waals surface area contributed by atoms with E-state index in [0.29, 0.717) is 29.2 Å². The fourth-order valence-electron chi connectivity index (χ4n) is 2.81. The molecule has 8 nitrogen and oxygen atoms in total. The number of hydrogen-bond donors (Lipinski definition) is 2. The Bertz CT molecular complexity index is 973. The molecule has 0 bridgehead atoms. The lowest BCUT2D eigenvalue weighted by Gasteiger charge is -2.17. The van der Waals surface area contributed by atoms with Crippen LogP contribution < -0.4 is 25.1 Å². The number of carbonyl (C=O) groups is 3. The zero-order valence-electron chi connectivity index (χ0n) is 19.1. The van der Waals surface area contributed by atoms with E-state index in [1.54, 1.807) is 31.2 Å². The molecule has 0 saturated heterocycles. The van der Waals surface area contributed by atoms with Gasteiger partial charge in [-0.1, -0.05) is 12.1 Å². The van der Waals surface area contributed by atoms with Crippen molar-refractivity contribution in [1.29, 1.82) is 0 Å². The Morgan fingerprint density at radius 3 is 2.44 bits per heavy atom. The minimum atomic E-state index is -0.774. The Labute approximate surface area is 188 Å². The van der Waals surface area contributed by atoms with Crippen LogP contribution in [0.25, 0.3) is 0 Å². The van der Waals surface area contributed by atoms with Crippen molar-refractivity contribution in [2.45, 2.75) is 46.6 Å². The summed E-state index contributed by atoms with van der Waals surface area (Å²) in [6, 6.07) is 10.6. The first-order chi connectivity index (χ1) is 15.2. The molecule has 0 aromatic heterocycles. The van der Waals surface area contributed by atoms with Gasteiger partial charge in [0.1, 0.15) is 5.75 Å². The number of nitrogens with one attached hydrogen (secondary N) is 2. The number of hydrazine groups is 1. The van der Waals surface area contributed by atoms with E-state index in [1.165, 1.54) is 14.0 Å². The Balaban J connectivity index is 1.72. The van der Waals surface area contributed by atoms with Crippen molar-refractivity contribution in [3.63, 3.8) is 0 Å². The third-order valence-corrected chi connectivity index (χ3v) is 4.93. The largest absolute Gasteiger partial charge is 0.493 e. The Morgan fingerprint density at radius 1 is 1.00 bits per heavy atom. The molecule has 0 radical (unpaired) electrons. The standard InChI is InChI=1S/C24H30N2O6/c1-15-8-6-9-20(16(15)2)32-18(4)24(29)26-25-23(28)10-7-13-31-21-12-11-19(17(3)27)14-22(21)30-5/h6,8-9,11-12,14,18H,7,10,13H2,1-5H3,(H,25,28)(H,26,29). The lowest BCUT2D eigenvalue weighted by Crippen LogP contribution is -2.47. The molecule has 0 aliphatic rings. The van der Waals surface area contributed by atoms with Gasteiger partial charge in [-0.15, -0.1) is 0 Å². The van der Waals surface area contributed by atoms with Gasteiger partial charge in [0.2, 0.25) is 5.91 Å². The fourth-order valence-corrected chi connectivity index (χ4v) is 2.81. The molecule has 0 fully saturated rings. The van der Waals surface area contributed by atoms with Gasteiger partial charge in [-0.2, -0.15) is 0 Å². The maximum absolute atomic E-state index is 12.2. The van der Waals surface area contributed by atoms with Crippen LogP contribution in [0.5, 0.6) is 17.2 Å². The van der Waals surface area contributed by atoms with E-state index in [9.17, 15) is 14.4 Å². The van der Waals surface area contributed by atoms with Gasteiger partial charge < -0.3 is 14.2 Å². The van der Waals surface area contributed by atoms with E-state index in [0.717, 1.165) is 11.1 Å². The third kappa shape index (κ3) is 7.01. The molecule has 0 heterocycles. The summed E-state index contributed by atoms with van der Waals surface area (Å²) in [6.45, 7) is 7.24. The second kappa shape index (κ2) is 11.7. The molecular weight excluding hydrogens is 412 g/mol. The highest BCUT2D eigenvalue weighted by molar-refractivity contribution is 5.94. The molecule has 172 valence electrons. The van der Waals surface area contributed by atoms with Gasteiger partial charge in [0.25, 0.3) is 5.91 Å². The number of amides is 2. The molecule has 8 heteroatoms. The van der Waals surface area contributed by atoms with Crippen molar-refractivity contribution >= 4 is 17.6 Å². The van der Waals surface area contributed by atoms with Crippen molar-refractivity contribution < 1.29 is 28.6 Å². The van der Waals surface area contributed by atoms with E-state index < -0.39 is 12.0 Å². The SMILES string of the molecule is COc1cc(C(C)=O)ccc1OCCCC(=O)NNC(=O)C(C)Oc1cccc(C)c1C. The summed E-state index contributed by atoms with van der Waals surface area (Å²) in [7, 11) is 1.49. The number of carbonyl (C=O) groups excluding carboxylic acids is 3. The van der Waals surface area contributed by atoms with Crippen LogP contribution >= 0.6 is 0 Å². The molecule has 0 aliphatic carbocycles. The van der Waals surface area contributed by atoms with Crippen LogP contribution in [-0.2, 0) is 9.59 Å². The summed E-state index contributed by atoms with van der Waals surface area (Å²) in [5, 5.41) is 0. The summed E-state index contributed by atoms with van der Waals surface area (Å²) >= 11 is 0. The molecule has 2 amide bonds. The lowest BCUT2D eigenvalue weighted by molar-refractivity contribution is -0.132. The minimum Gasteiger partial charge on any atom is -0.493 e. The number of rotatable bonds is 10. The van der Waals surface area contributed by atoms with Crippen LogP contribution in [-0.4, -0.2) is 37.4 Å². The summed E-state index contributed by atoms with van der Waals surface area (Å²) in [4.78, 5) is 35.6. The number of benzene rings is 2. The summed E-state index contributed by atoms with van der Waals surface area (Å²) in [5.74, 6) is 0.701. The average Bonchev–Trinajstić information content (AvgIpc) is 2.77. The van der Waals surface area contributed by atoms with Crippen molar-refractivity contribution in [2.24, 2.45) is 0 Å². The molecule has 2 aromatic rings. The predicted molar refractivity (Wildman–Crippen MR) is 120 cm³/mol. The van der Waals surface area contributed by atoms with Crippen LogP contribution in [0, 0.1) is 13.8 Å². The number of hydrogen-bond acceptors (Lipinski definition) is 6. The molecule has 2 rings (SSSR count). The van der Waals surface area contributed by atoms with Gasteiger partial charge in [0.05, 0.1) is 13.7 Å². The van der Waals surface area contributed by atoms with Gasteiger partial charge >= 0.3 is 0 Å². The molecule has 2 aromatic carbocycles. The van der Waals surface area contributed by atoms with Crippen molar-refractivity contribution in [2.75, 3.05) is 13.7 Å². The van der Waals surface area contributed by atoms with Crippen molar-refractivity contribution in [3.8, 4) is 17.2 Å². The Morgan fingerprint density at radius 2 is 1.75 bits per heavy atom. The van der Waals surface area contributed by atoms with Gasteiger partial charge in [-0.3, -0.25) is 25.2 Å². The first-order valence-corrected chi connectivity index (χ1v) is 10.4. The molecule has 1 atom stereocenters. The van der Waals surface area contributed by atoms with Gasteiger partial charge in [-0.05, 0) is 69.5 Å². The lowest BCUT2D eigenvalue weighted by atomic mass is 10.1. The normalized spacial score (nSPS) is 11.3. The number of Topliss-reactive ketones (excluding diaryl/α,β-unsaturated/α-hetero) is 1. The quantitative estimate of drug-likeness (QED) is 0.333. The maximum atomic E-state index is 12.2. The molecule has 0 spiro atoms. The first-order valence-electron chi connectivity index (χ1n) is 10.4. The Hall–Kier alpha value is -3.55. The number of ketones is 1. The third-order valence-electron chi connectivity index (χ3n) is 4.93. The number of ether oxygens (including phenoxy) is 3. The maximum Gasteiger partial charge on any atom is 0.279 e. The van der Waals surface area contributed by atoms with E-state index in [2.05, 4.69) is 10.9 Å². The molecule has 2 N–H and O–H groups in total. The zero-order chi connectivity index (χ0) is 23.7. The zero-order valence-corrected chi connectivity index (χ0v) is 19.1. The summed E-state index contributed by atoms with van der Waals surface area (Å²) in [6.07, 6.45) is -0.196. The average molecular weight is 443 g/mol. The van der Waals surface area contributed by atoms with Crippen LogP contribution in [0.2, 0.25) is 0 Å². The highest BCUT2D eigenvalue weighted by Gasteiger charge is 2.17. The smallest absolute Gasteiger partial charge is 0.279 e. The highest BCUT2D eigenvalue weighted by atomic mass is 16.5. The Kier molecular flexibility index (Phi) is 9.07. The van der Waals surface area contributed by atoms with Gasteiger partial charge in [0, 0.05) is 12.0 Å². The minimum absolute atomic E-state index is 0.0673. The molecule has 0 aliphatic heterocycles. The van der Waals surface area contributed by atoms with E-state index in [4.69, 9.17) is 14.2 Å². The van der Waals surface area contributed by atoms with Crippen molar-refractivity contribution in [3.05, 3.63) is 53.1 Å². The number of methoxy groups -OCH3 is 1. The predicted octanol–water partition coefficient (Wildman–Crippen LogP) is 3.29. The molecule has 1 unspecified atom stereocenters. The van der Waals surface area contributed by atoms with Crippen molar-refractivity contribution in [1.82, 2.24) is 10.9 Å². The van der Waals surface area contributed by atoms with Crippen LogP contribution in [0.1, 0.15) is 48.2 Å². The van der Waals surface area contributed by atoms with E-state index in [1.807, 2.05) is 26.0 Å². The first kappa shape index (κ1) is 24.7. The molecular formula is C24H30N2O6. The van der Waals surface area contributed by atoms with Crippen LogP contribution in [0.15, 0.2) is 36.4 Å². The number of aryl methyl sites for hydroxylation is 1. The molecule has 0 saturated carbocycles.